The normalized spacial score (nSPS) is 10.9. The zero-order valence-electron chi connectivity index (χ0n) is 11.2. The smallest absolute Gasteiger partial charge is 0.332 e. The van der Waals surface area contributed by atoms with E-state index in [0.29, 0.717) is 17.5 Å². The van der Waals surface area contributed by atoms with E-state index in [-0.39, 0.29) is 0 Å². The maximum absolute atomic E-state index is 11.2. The van der Waals surface area contributed by atoms with Gasteiger partial charge in [-0.05, 0) is 37.6 Å². The molecule has 0 saturated carbocycles. The monoisotopic (exact) mass is 291 g/mol. The van der Waals surface area contributed by atoms with E-state index in [1.54, 1.807) is 13.0 Å². The Morgan fingerprint density at radius 2 is 2.25 bits per heavy atom. The van der Waals surface area contributed by atoms with Crippen LogP contribution in [0, 0.1) is 6.92 Å². The highest BCUT2D eigenvalue weighted by Crippen LogP contribution is 2.21. The average Bonchev–Trinajstić information content (AvgIpc) is 2.84. The largest absolute Gasteiger partial charge is 0.463 e. The first kappa shape index (κ1) is 14.3. The molecule has 0 amide bonds. The SMILES string of the molecule is CCOC(=O)/C=C/n1cnc(-c2cc(C)cc(Cl)c2)n1. The number of halogens is 1. The van der Waals surface area contributed by atoms with Crippen LogP contribution in [0.15, 0.2) is 30.6 Å². The molecule has 0 aliphatic carbocycles. The fraction of sp³-hybridized carbons (Fsp3) is 0.214. The maximum atomic E-state index is 11.2. The van der Waals surface area contributed by atoms with Crippen LogP contribution in [0.1, 0.15) is 12.5 Å². The number of hydrogen-bond donors (Lipinski definition) is 0. The molecule has 0 unspecified atom stereocenters. The zero-order valence-corrected chi connectivity index (χ0v) is 12.0. The predicted molar refractivity (Wildman–Crippen MR) is 77.2 cm³/mol. The van der Waals surface area contributed by atoms with Crippen LogP contribution in [0.25, 0.3) is 17.6 Å². The molecule has 0 atom stereocenters. The Balaban J connectivity index is 2.18. The van der Waals surface area contributed by atoms with Gasteiger partial charge < -0.3 is 4.74 Å². The second-order valence-corrected chi connectivity index (χ2v) is 4.57. The van der Waals surface area contributed by atoms with Gasteiger partial charge in [-0.1, -0.05) is 11.6 Å². The highest BCUT2D eigenvalue weighted by molar-refractivity contribution is 6.30. The number of esters is 1. The van der Waals surface area contributed by atoms with Gasteiger partial charge in [-0.3, -0.25) is 0 Å². The lowest BCUT2D eigenvalue weighted by Gasteiger charge is -1.99. The molecular formula is C14H14ClN3O2. The number of hydrogen-bond acceptors (Lipinski definition) is 4. The Morgan fingerprint density at radius 1 is 1.45 bits per heavy atom. The molecular weight excluding hydrogens is 278 g/mol. The van der Waals surface area contributed by atoms with Gasteiger partial charge in [0.15, 0.2) is 5.82 Å². The van der Waals surface area contributed by atoms with Crippen molar-refractivity contribution >= 4 is 23.8 Å². The Hall–Kier alpha value is -2.14. The van der Waals surface area contributed by atoms with Gasteiger partial charge in [0, 0.05) is 22.9 Å². The molecule has 2 aromatic rings. The summed E-state index contributed by atoms with van der Waals surface area (Å²) in [5.41, 5.74) is 1.87. The number of rotatable bonds is 4. The van der Waals surface area contributed by atoms with E-state index >= 15 is 0 Å². The summed E-state index contributed by atoms with van der Waals surface area (Å²) in [5, 5.41) is 4.88. The van der Waals surface area contributed by atoms with Crippen LogP contribution in [-0.2, 0) is 9.53 Å². The third-order valence-corrected chi connectivity index (χ3v) is 2.68. The van der Waals surface area contributed by atoms with Crippen molar-refractivity contribution < 1.29 is 9.53 Å². The fourth-order valence-electron chi connectivity index (χ4n) is 1.67. The van der Waals surface area contributed by atoms with Gasteiger partial charge in [-0.2, -0.15) is 0 Å². The minimum absolute atomic E-state index is 0.341. The van der Waals surface area contributed by atoms with Crippen molar-refractivity contribution in [2.45, 2.75) is 13.8 Å². The van der Waals surface area contributed by atoms with Crippen LogP contribution in [0.2, 0.25) is 5.02 Å². The standard InChI is InChI=1S/C14H14ClN3O2/c1-3-20-13(19)4-5-18-9-16-14(17-18)11-6-10(2)7-12(15)8-11/h4-9H,3H2,1-2H3/b5-4+. The van der Waals surface area contributed by atoms with Crippen molar-refractivity contribution in [2.24, 2.45) is 0 Å². The first-order chi connectivity index (χ1) is 9.58. The number of ether oxygens (including phenoxy) is 1. The highest BCUT2D eigenvalue weighted by atomic mass is 35.5. The summed E-state index contributed by atoms with van der Waals surface area (Å²) >= 11 is 6.01. The van der Waals surface area contributed by atoms with Crippen LogP contribution in [0.5, 0.6) is 0 Å². The number of carbonyl (C=O) groups is 1. The summed E-state index contributed by atoms with van der Waals surface area (Å²) in [7, 11) is 0. The van der Waals surface area contributed by atoms with Crippen LogP contribution in [0.4, 0.5) is 0 Å². The zero-order chi connectivity index (χ0) is 14.5. The van der Waals surface area contributed by atoms with Crippen LogP contribution in [0.3, 0.4) is 0 Å². The second kappa shape index (κ2) is 6.34. The summed E-state index contributed by atoms with van der Waals surface area (Å²) in [4.78, 5) is 15.4. The summed E-state index contributed by atoms with van der Waals surface area (Å²) in [6.07, 6.45) is 4.30. The summed E-state index contributed by atoms with van der Waals surface area (Å²) in [5.74, 6) is 0.132. The minimum atomic E-state index is -0.414. The van der Waals surface area contributed by atoms with Gasteiger partial charge in [0.2, 0.25) is 0 Å². The van der Waals surface area contributed by atoms with Gasteiger partial charge in [0.05, 0.1) is 6.61 Å². The molecule has 0 aliphatic rings. The van der Waals surface area contributed by atoms with E-state index in [1.807, 2.05) is 19.1 Å². The number of benzene rings is 1. The van der Waals surface area contributed by atoms with Gasteiger partial charge in [0.25, 0.3) is 0 Å². The number of aromatic nitrogens is 3. The van der Waals surface area contributed by atoms with E-state index in [2.05, 4.69) is 10.1 Å². The molecule has 104 valence electrons. The summed E-state index contributed by atoms with van der Waals surface area (Å²) in [6.45, 7) is 4.04. The molecule has 0 spiro atoms. The van der Waals surface area contributed by atoms with E-state index in [9.17, 15) is 4.79 Å². The average molecular weight is 292 g/mol. The molecule has 1 aromatic heterocycles. The predicted octanol–water partition coefficient (Wildman–Crippen LogP) is 2.94. The quantitative estimate of drug-likeness (QED) is 0.642. The molecule has 5 nitrogen and oxygen atoms in total. The summed E-state index contributed by atoms with van der Waals surface area (Å²) in [6, 6.07) is 5.60. The minimum Gasteiger partial charge on any atom is -0.463 e. The third-order valence-electron chi connectivity index (χ3n) is 2.46. The molecule has 20 heavy (non-hydrogen) atoms. The number of aryl methyl sites for hydroxylation is 1. The molecule has 0 aliphatic heterocycles. The van der Waals surface area contributed by atoms with Crippen molar-refractivity contribution in [1.82, 2.24) is 14.8 Å². The topological polar surface area (TPSA) is 57.0 Å². The van der Waals surface area contributed by atoms with Gasteiger partial charge >= 0.3 is 5.97 Å². The van der Waals surface area contributed by atoms with Gasteiger partial charge in [0.1, 0.15) is 6.33 Å². The number of carbonyl (C=O) groups excluding carboxylic acids is 1. The van der Waals surface area contributed by atoms with E-state index in [4.69, 9.17) is 16.3 Å². The Bertz CT molecular complexity index is 629. The fourth-order valence-corrected chi connectivity index (χ4v) is 1.96. The lowest BCUT2D eigenvalue weighted by Crippen LogP contribution is -2.00. The molecule has 2 rings (SSSR count). The first-order valence-corrected chi connectivity index (χ1v) is 6.50. The van der Waals surface area contributed by atoms with Crippen molar-refractivity contribution in [3.63, 3.8) is 0 Å². The van der Waals surface area contributed by atoms with Gasteiger partial charge in [-0.15, -0.1) is 5.10 Å². The van der Waals surface area contributed by atoms with E-state index in [0.717, 1.165) is 11.1 Å². The molecule has 0 N–H and O–H groups in total. The van der Waals surface area contributed by atoms with Crippen LogP contribution >= 0.6 is 11.6 Å². The molecule has 0 fully saturated rings. The van der Waals surface area contributed by atoms with Gasteiger partial charge in [-0.25, -0.2) is 14.5 Å². The van der Waals surface area contributed by atoms with Crippen molar-refractivity contribution in [3.05, 3.63) is 41.2 Å². The van der Waals surface area contributed by atoms with Crippen LogP contribution in [-0.4, -0.2) is 27.3 Å². The Kier molecular flexibility index (Phi) is 4.53. The van der Waals surface area contributed by atoms with Crippen molar-refractivity contribution in [2.75, 3.05) is 6.61 Å². The Labute approximate surface area is 121 Å². The molecule has 0 bridgehead atoms. The molecule has 6 heteroatoms. The molecule has 1 aromatic carbocycles. The lowest BCUT2D eigenvalue weighted by molar-refractivity contribution is -0.137. The molecule has 0 radical (unpaired) electrons. The number of nitrogens with zero attached hydrogens (tertiary/aromatic N) is 3. The molecule has 1 heterocycles. The highest BCUT2D eigenvalue weighted by Gasteiger charge is 2.05. The third kappa shape index (κ3) is 3.68. The van der Waals surface area contributed by atoms with Crippen molar-refractivity contribution in [1.29, 1.82) is 0 Å². The lowest BCUT2D eigenvalue weighted by atomic mass is 10.1. The van der Waals surface area contributed by atoms with Crippen molar-refractivity contribution in [3.8, 4) is 11.4 Å². The van der Waals surface area contributed by atoms with E-state index in [1.165, 1.54) is 23.3 Å². The second-order valence-electron chi connectivity index (χ2n) is 4.13. The maximum Gasteiger partial charge on any atom is 0.332 e. The first-order valence-electron chi connectivity index (χ1n) is 6.12. The Morgan fingerprint density at radius 3 is 2.95 bits per heavy atom. The van der Waals surface area contributed by atoms with E-state index < -0.39 is 5.97 Å². The molecule has 0 saturated heterocycles. The van der Waals surface area contributed by atoms with Crippen LogP contribution < -0.4 is 0 Å². The summed E-state index contributed by atoms with van der Waals surface area (Å²) < 4.78 is 6.23.